The van der Waals surface area contributed by atoms with E-state index in [1.807, 2.05) is 30.3 Å². The minimum absolute atomic E-state index is 0.515. The average Bonchev–Trinajstić information content (AvgIpc) is 3.05. The number of nitrogens with two attached hydrogens (primary N) is 1. The number of urea groups is 1. The third kappa shape index (κ3) is 4.34. The summed E-state index contributed by atoms with van der Waals surface area (Å²) in [6, 6.07) is 15.7. The molecule has 0 radical (unpaired) electrons. The Hall–Kier alpha value is -2.02. The predicted molar refractivity (Wildman–Crippen MR) is 103 cm³/mol. The van der Waals surface area contributed by atoms with Gasteiger partial charge < -0.3 is 5.73 Å². The van der Waals surface area contributed by atoms with Crippen molar-refractivity contribution in [1.29, 1.82) is 0 Å². The van der Waals surface area contributed by atoms with Gasteiger partial charge >= 0.3 is 142 Å². The van der Waals surface area contributed by atoms with E-state index in [1.165, 1.54) is 8.59 Å². The molecule has 5 nitrogen and oxygen atoms in total. The fourth-order valence-corrected chi connectivity index (χ4v) is 6.04. The van der Waals surface area contributed by atoms with Crippen LogP contribution in [-0.2, 0) is 0 Å². The second kappa shape index (κ2) is 7.07. The number of nitrogens with zero attached hydrogens (tertiary/aromatic N) is 2. The molecule has 0 saturated carbocycles. The van der Waals surface area contributed by atoms with Crippen LogP contribution in [0.1, 0.15) is 12.0 Å². The summed E-state index contributed by atoms with van der Waals surface area (Å²) in [6.07, 6.45) is 0.712. The molecule has 1 heterocycles. The van der Waals surface area contributed by atoms with Gasteiger partial charge in [0.25, 0.3) is 0 Å². The zero-order valence-electron chi connectivity index (χ0n) is 14.8. The molecule has 0 fully saturated rings. The minimum atomic E-state index is -2.10. The Morgan fingerprint density at radius 2 is 1.84 bits per heavy atom. The number of carbonyl (C=O) groups is 1. The fraction of sp³-hybridized carbons (Fsp3) is 0.263. The van der Waals surface area contributed by atoms with Crippen LogP contribution in [0.4, 0.5) is 4.79 Å². The molecule has 3 rings (SSSR count). The summed E-state index contributed by atoms with van der Waals surface area (Å²) >= 11 is -2.10. The van der Waals surface area contributed by atoms with Crippen LogP contribution in [0.5, 0.6) is 11.5 Å². The molecule has 25 heavy (non-hydrogen) atoms. The molecule has 2 amide bonds. The first-order valence-electron chi connectivity index (χ1n) is 8.36. The van der Waals surface area contributed by atoms with Crippen LogP contribution < -0.4 is 14.0 Å². The monoisotopic (exact) mass is 445 g/mol. The SMILES string of the molecule is [CH3][Sn]([CH3])([CH3])[c]1cccc(Oc2ccc(C3=NN(C(N)=O)CC3)cc2)c1. The zero-order valence-corrected chi connectivity index (χ0v) is 17.7. The van der Waals surface area contributed by atoms with Crippen molar-refractivity contribution in [3.05, 3.63) is 54.1 Å². The van der Waals surface area contributed by atoms with E-state index >= 15 is 0 Å². The van der Waals surface area contributed by atoms with Crippen molar-refractivity contribution < 1.29 is 9.53 Å². The van der Waals surface area contributed by atoms with E-state index in [1.54, 1.807) is 0 Å². The Labute approximate surface area is 152 Å². The number of carbonyl (C=O) groups excluding carboxylic acids is 1. The van der Waals surface area contributed by atoms with Gasteiger partial charge in [-0.25, -0.2) is 4.79 Å². The Bertz CT molecular complexity index is 810. The molecule has 2 aromatic carbocycles. The molecule has 0 bridgehead atoms. The quantitative estimate of drug-likeness (QED) is 0.734. The van der Waals surface area contributed by atoms with Crippen molar-refractivity contribution in [2.45, 2.75) is 21.2 Å². The molecule has 0 aliphatic carbocycles. The molecule has 2 N–H and O–H groups in total. The second-order valence-corrected chi connectivity index (χ2v) is 21.7. The van der Waals surface area contributed by atoms with Crippen LogP contribution in [0.15, 0.2) is 53.6 Å². The van der Waals surface area contributed by atoms with Gasteiger partial charge in [0.05, 0.1) is 0 Å². The number of hydrazone groups is 1. The van der Waals surface area contributed by atoms with Gasteiger partial charge in [-0.15, -0.1) is 0 Å². The van der Waals surface area contributed by atoms with Crippen LogP contribution in [0, 0.1) is 0 Å². The van der Waals surface area contributed by atoms with Gasteiger partial charge in [0.1, 0.15) is 0 Å². The maximum atomic E-state index is 11.2. The number of primary amides is 1. The molecule has 0 unspecified atom stereocenters. The third-order valence-corrected chi connectivity index (χ3v) is 10.0. The van der Waals surface area contributed by atoms with Gasteiger partial charge in [0, 0.05) is 0 Å². The van der Waals surface area contributed by atoms with Crippen molar-refractivity contribution in [3.8, 4) is 11.5 Å². The van der Waals surface area contributed by atoms with Crippen LogP contribution in [0.3, 0.4) is 0 Å². The molecule has 0 spiro atoms. The number of benzene rings is 2. The fourth-order valence-electron chi connectivity index (χ4n) is 2.70. The first-order valence-corrected chi connectivity index (χ1v) is 18.4. The van der Waals surface area contributed by atoms with E-state index in [2.05, 4.69) is 38.1 Å². The van der Waals surface area contributed by atoms with Crippen LogP contribution in [0.2, 0.25) is 14.8 Å². The Morgan fingerprint density at radius 3 is 2.44 bits per heavy atom. The summed E-state index contributed by atoms with van der Waals surface area (Å²) in [4.78, 5) is 18.3. The first kappa shape index (κ1) is 17.8. The van der Waals surface area contributed by atoms with Crippen molar-refractivity contribution in [1.82, 2.24) is 5.01 Å². The summed E-state index contributed by atoms with van der Waals surface area (Å²) in [5.74, 6) is 1.66. The molecule has 0 saturated heterocycles. The molecular formula is C19H23N3O2Sn. The summed E-state index contributed by atoms with van der Waals surface area (Å²) in [5, 5.41) is 5.55. The first-order chi connectivity index (χ1) is 11.8. The number of amides is 2. The molecular weight excluding hydrogens is 421 g/mol. The number of hydrogen-bond acceptors (Lipinski definition) is 3. The van der Waals surface area contributed by atoms with Gasteiger partial charge in [0.2, 0.25) is 0 Å². The van der Waals surface area contributed by atoms with Crippen LogP contribution in [-0.4, -0.2) is 41.7 Å². The number of hydrogen-bond donors (Lipinski definition) is 1. The van der Waals surface area contributed by atoms with Crippen molar-refractivity contribution in [3.63, 3.8) is 0 Å². The zero-order chi connectivity index (χ0) is 18.0. The summed E-state index contributed by atoms with van der Waals surface area (Å²) < 4.78 is 7.44. The molecule has 130 valence electrons. The van der Waals surface area contributed by atoms with E-state index in [9.17, 15) is 4.79 Å². The molecule has 2 aromatic rings. The van der Waals surface area contributed by atoms with Crippen molar-refractivity contribution >= 4 is 33.7 Å². The van der Waals surface area contributed by atoms with Gasteiger partial charge in [-0.3, -0.25) is 0 Å². The van der Waals surface area contributed by atoms with Gasteiger partial charge in [-0.05, 0) is 0 Å². The number of rotatable bonds is 4. The van der Waals surface area contributed by atoms with Crippen molar-refractivity contribution in [2.24, 2.45) is 10.8 Å². The average molecular weight is 444 g/mol. The summed E-state index contributed by atoms with van der Waals surface area (Å²) in [6.45, 7) is 0.536. The van der Waals surface area contributed by atoms with Crippen LogP contribution >= 0.6 is 0 Å². The van der Waals surface area contributed by atoms with E-state index in [0.29, 0.717) is 13.0 Å². The van der Waals surface area contributed by atoms with Crippen molar-refractivity contribution in [2.75, 3.05) is 6.54 Å². The predicted octanol–water partition coefficient (Wildman–Crippen LogP) is 3.51. The Balaban J connectivity index is 1.74. The maximum absolute atomic E-state index is 11.2. The molecule has 0 atom stereocenters. The van der Waals surface area contributed by atoms with E-state index in [4.69, 9.17) is 10.5 Å². The van der Waals surface area contributed by atoms with Crippen LogP contribution in [0.25, 0.3) is 0 Å². The van der Waals surface area contributed by atoms with E-state index in [0.717, 1.165) is 22.8 Å². The standard InChI is InChI=1S/C16H14N3O2.3CH3.Sn/c17-16(20)19-11-10-15(18-19)12-6-8-14(9-7-12)21-13-4-2-1-3-5-13;;;;/h1-2,4-9H,10-11H2,(H2,17,20);3*1H3;. The second-order valence-electron chi connectivity index (χ2n) is 7.16. The summed E-state index contributed by atoms with van der Waals surface area (Å²) in [5.41, 5.74) is 7.11. The molecule has 0 aromatic heterocycles. The Kier molecular flexibility index (Phi) is 5.03. The molecule has 6 heteroatoms. The topological polar surface area (TPSA) is 67.9 Å². The molecule has 1 aliphatic rings. The normalized spacial score (nSPS) is 14.4. The van der Waals surface area contributed by atoms with Gasteiger partial charge in [-0.2, -0.15) is 0 Å². The molecule has 1 aliphatic heterocycles. The van der Waals surface area contributed by atoms with E-state index < -0.39 is 24.4 Å². The Morgan fingerprint density at radius 1 is 1.12 bits per heavy atom. The summed E-state index contributed by atoms with van der Waals surface area (Å²) in [7, 11) is 0. The van der Waals surface area contributed by atoms with E-state index in [-0.39, 0.29) is 0 Å². The van der Waals surface area contributed by atoms with Gasteiger partial charge in [-0.1, -0.05) is 0 Å². The van der Waals surface area contributed by atoms with Gasteiger partial charge in [0.15, 0.2) is 0 Å². The third-order valence-electron chi connectivity index (χ3n) is 4.18. The number of ether oxygens (including phenoxy) is 1.